The van der Waals surface area contributed by atoms with Crippen LogP contribution in [0.3, 0.4) is 0 Å². The molecule has 0 aliphatic rings. The van der Waals surface area contributed by atoms with Crippen molar-refractivity contribution < 1.29 is 36.6 Å². The molecule has 0 heterocycles. The predicted octanol–water partition coefficient (Wildman–Crippen LogP) is 6.01. The minimum atomic E-state index is -5.05. The molecule has 0 aliphatic carbocycles. The normalized spacial score (nSPS) is 12.8. The number of hydrogen-bond donors (Lipinski definition) is 2. The summed E-state index contributed by atoms with van der Waals surface area (Å²) in [5.41, 5.74) is -5.59. The van der Waals surface area contributed by atoms with Gasteiger partial charge < -0.3 is 10.2 Å². The molecular formula is C21H14F6O2. The molecule has 8 heteroatoms. The largest absolute Gasteiger partial charge is 0.508 e. The van der Waals surface area contributed by atoms with Crippen molar-refractivity contribution in [2.45, 2.75) is 17.8 Å². The van der Waals surface area contributed by atoms with E-state index in [9.17, 15) is 36.6 Å². The van der Waals surface area contributed by atoms with Gasteiger partial charge in [0.05, 0.1) is 5.56 Å². The van der Waals surface area contributed by atoms with E-state index in [1.807, 2.05) is 0 Å². The summed E-state index contributed by atoms with van der Waals surface area (Å²) in [6, 6.07) is 11.2. The van der Waals surface area contributed by atoms with E-state index in [0.717, 1.165) is 60.7 Å². The molecule has 2 nitrogen and oxygen atoms in total. The second kappa shape index (κ2) is 7.02. The van der Waals surface area contributed by atoms with Gasteiger partial charge in [0.25, 0.3) is 0 Å². The van der Waals surface area contributed by atoms with Crippen LogP contribution in [0.2, 0.25) is 0 Å². The molecule has 3 aromatic carbocycles. The van der Waals surface area contributed by atoms with Crippen LogP contribution in [0.4, 0.5) is 26.3 Å². The summed E-state index contributed by atoms with van der Waals surface area (Å²) in [6.07, 6.45) is -9.89. The van der Waals surface area contributed by atoms with Gasteiger partial charge in [-0.15, -0.1) is 0 Å². The lowest BCUT2D eigenvalue weighted by Crippen LogP contribution is -2.44. The number of halogens is 6. The van der Waals surface area contributed by atoms with Crippen molar-refractivity contribution in [2.75, 3.05) is 0 Å². The van der Waals surface area contributed by atoms with Gasteiger partial charge in [-0.2, -0.15) is 26.3 Å². The van der Waals surface area contributed by atoms with Crippen LogP contribution in [0.25, 0.3) is 0 Å². The summed E-state index contributed by atoms with van der Waals surface area (Å²) in [5, 5.41) is 19.0. The average molecular weight is 412 g/mol. The molecule has 0 atom stereocenters. The Morgan fingerprint density at radius 3 is 1.31 bits per heavy atom. The van der Waals surface area contributed by atoms with Crippen LogP contribution in [-0.2, 0) is 11.6 Å². The maximum absolute atomic E-state index is 14.7. The lowest BCUT2D eigenvalue weighted by molar-refractivity contribution is -0.167. The maximum Gasteiger partial charge on any atom is 0.416 e. The lowest BCUT2D eigenvalue weighted by atomic mass is 9.68. The van der Waals surface area contributed by atoms with E-state index in [-0.39, 0.29) is 22.6 Å². The third-order valence-electron chi connectivity index (χ3n) is 4.65. The number of benzene rings is 3. The Labute approximate surface area is 161 Å². The number of aromatic hydroxyl groups is 2. The second-order valence-electron chi connectivity index (χ2n) is 6.42. The zero-order valence-corrected chi connectivity index (χ0v) is 14.6. The molecule has 3 aromatic rings. The van der Waals surface area contributed by atoms with Crippen molar-refractivity contribution in [1.82, 2.24) is 0 Å². The number of rotatable bonds is 3. The second-order valence-corrected chi connectivity index (χ2v) is 6.42. The van der Waals surface area contributed by atoms with Gasteiger partial charge in [0, 0.05) is 0 Å². The first-order chi connectivity index (χ1) is 13.5. The van der Waals surface area contributed by atoms with E-state index < -0.39 is 28.9 Å². The molecule has 0 saturated carbocycles. The first kappa shape index (κ1) is 20.6. The van der Waals surface area contributed by atoms with E-state index >= 15 is 0 Å². The Hall–Kier alpha value is -3.16. The standard InChI is InChI=1S/C21H14F6O2/c22-20(23,24)16-3-1-2-15(12-16)19(21(25,26)27,13-4-8-17(28)9-5-13)14-6-10-18(29)11-7-14/h1-12,28-29H. The van der Waals surface area contributed by atoms with E-state index in [1.54, 1.807) is 0 Å². The maximum atomic E-state index is 14.7. The van der Waals surface area contributed by atoms with Crippen molar-refractivity contribution in [2.24, 2.45) is 0 Å². The fourth-order valence-corrected chi connectivity index (χ4v) is 3.34. The highest BCUT2D eigenvalue weighted by atomic mass is 19.4. The predicted molar refractivity (Wildman–Crippen MR) is 93.6 cm³/mol. The Morgan fingerprint density at radius 1 is 0.517 bits per heavy atom. The van der Waals surface area contributed by atoms with Crippen LogP contribution < -0.4 is 0 Å². The minimum absolute atomic E-state index is 0.292. The van der Waals surface area contributed by atoms with Crippen LogP contribution in [0.15, 0.2) is 72.8 Å². The Bertz CT molecular complexity index is 944. The molecule has 0 aliphatic heterocycles. The summed E-state index contributed by atoms with van der Waals surface area (Å²) in [6.45, 7) is 0. The van der Waals surface area contributed by atoms with Crippen LogP contribution in [0.1, 0.15) is 22.3 Å². The van der Waals surface area contributed by atoms with Crippen molar-refractivity contribution in [3.05, 3.63) is 95.1 Å². The fraction of sp³-hybridized carbons (Fsp3) is 0.143. The molecule has 29 heavy (non-hydrogen) atoms. The SMILES string of the molecule is Oc1ccc(C(c2ccc(O)cc2)(c2cccc(C(F)(F)F)c2)C(F)(F)F)cc1. The molecule has 0 radical (unpaired) electrons. The first-order valence-electron chi connectivity index (χ1n) is 8.30. The van der Waals surface area contributed by atoms with Crippen LogP contribution in [0.5, 0.6) is 11.5 Å². The quantitative estimate of drug-likeness (QED) is 0.408. The van der Waals surface area contributed by atoms with Gasteiger partial charge in [-0.3, -0.25) is 0 Å². The van der Waals surface area contributed by atoms with Gasteiger partial charge in [0.2, 0.25) is 0 Å². The monoisotopic (exact) mass is 412 g/mol. The van der Waals surface area contributed by atoms with Crippen LogP contribution >= 0.6 is 0 Å². The summed E-state index contributed by atoms with van der Waals surface area (Å²) >= 11 is 0. The van der Waals surface area contributed by atoms with Crippen molar-refractivity contribution >= 4 is 0 Å². The van der Waals surface area contributed by atoms with Gasteiger partial charge in [-0.05, 0) is 47.0 Å². The molecule has 0 unspecified atom stereocenters. The summed E-state index contributed by atoms with van der Waals surface area (Å²) < 4.78 is 83.6. The molecular weight excluding hydrogens is 398 g/mol. The number of phenolic OH excluding ortho intramolecular Hbond substituents is 2. The topological polar surface area (TPSA) is 40.5 Å². The average Bonchev–Trinajstić information content (AvgIpc) is 2.64. The van der Waals surface area contributed by atoms with Crippen molar-refractivity contribution in [1.29, 1.82) is 0 Å². The Kier molecular flexibility index (Phi) is 4.98. The number of hydrogen-bond acceptors (Lipinski definition) is 2. The molecule has 0 aromatic heterocycles. The Balaban J connectivity index is 2.43. The molecule has 0 spiro atoms. The van der Waals surface area contributed by atoms with Crippen molar-refractivity contribution in [3.8, 4) is 11.5 Å². The first-order valence-corrected chi connectivity index (χ1v) is 8.30. The molecule has 0 saturated heterocycles. The fourth-order valence-electron chi connectivity index (χ4n) is 3.34. The van der Waals surface area contributed by atoms with E-state index in [0.29, 0.717) is 12.1 Å². The molecule has 152 valence electrons. The van der Waals surface area contributed by atoms with E-state index in [2.05, 4.69) is 0 Å². The van der Waals surface area contributed by atoms with Gasteiger partial charge in [0.15, 0.2) is 0 Å². The summed E-state index contributed by atoms with van der Waals surface area (Å²) in [7, 11) is 0. The molecule has 0 bridgehead atoms. The molecule has 0 amide bonds. The van der Waals surface area contributed by atoms with Gasteiger partial charge in [0.1, 0.15) is 16.9 Å². The Morgan fingerprint density at radius 2 is 0.931 bits per heavy atom. The highest BCUT2D eigenvalue weighted by molar-refractivity contribution is 5.54. The van der Waals surface area contributed by atoms with Gasteiger partial charge >= 0.3 is 12.4 Å². The van der Waals surface area contributed by atoms with Crippen LogP contribution in [0, 0.1) is 0 Å². The third kappa shape index (κ3) is 3.62. The molecule has 3 rings (SSSR count). The van der Waals surface area contributed by atoms with Gasteiger partial charge in [-0.25, -0.2) is 0 Å². The minimum Gasteiger partial charge on any atom is -0.508 e. The lowest BCUT2D eigenvalue weighted by Gasteiger charge is -2.38. The third-order valence-corrected chi connectivity index (χ3v) is 4.65. The highest BCUT2D eigenvalue weighted by Crippen LogP contribution is 2.52. The smallest absolute Gasteiger partial charge is 0.416 e. The van der Waals surface area contributed by atoms with Gasteiger partial charge in [-0.1, -0.05) is 42.5 Å². The zero-order valence-electron chi connectivity index (χ0n) is 14.6. The highest BCUT2D eigenvalue weighted by Gasteiger charge is 2.58. The number of phenols is 2. The van der Waals surface area contributed by atoms with Crippen LogP contribution in [-0.4, -0.2) is 16.4 Å². The molecule has 0 fully saturated rings. The van der Waals surface area contributed by atoms with E-state index in [4.69, 9.17) is 0 Å². The number of alkyl halides is 6. The summed E-state index contributed by atoms with van der Waals surface area (Å²) in [5.74, 6) is -0.584. The van der Waals surface area contributed by atoms with Crippen molar-refractivity contribution in [3.63, 3.8) is 0 Å². The summed E-state index contributed by atoms with van der Waals surface area (Å²) in [4.78, 5) is 0. The zero-order chi connectivity index (χ0) is 21.4. The molecule has 2 N–H and O–H groups in total. The van der Waals surface area contributed by atoms with E-state index in [1.165, 1.54) is 0 Å².